The Bertz CT molecular complexity index is 568. The molecule has 0 aromatic heterocycles. The standard InChI is InChI=1S/C16H18FNO/c1-11-6-4-5-7-13(11)16(18-2)12-8-9-15(19-3)14(17)10-12/h4-10,16,18H,1-3H3. The van der Waals surface area contributed by atoms with Crippen molar-refractivity contribution in [1.82, 2.24) is 5.32 Å². The molecule has 1 atom stereocenters. The van der Waals surface area contributed by atoms with E-state index in [0.29, 0.717) is 0 Å². The number of halogens is 1. The van der Waals surface area contributed by atoms with Crippen LogP contribution in [0, 0.1) is 12.7 Å². The highest BCUT2D eigenvalue weighted by atomic mass is 19.1. The summed E-state index contributed by atoms with van der Waals surface area (Å²) in [5.41, 5.74) is 3.21. The summed E-state index contributed by atoms with van der Waals surface area (Å²) in [5.74, 6) is -0.0720. The van der Waals surface area contributed by atoms with Gasteiger partial charge < -0.3 is 10.1 Å². The van der Waals surface area contributed by atoms with Crippen LogP contribution in [-0.2, 0) is 0 Å². The summed E-state index contributed by atoms with van der Waals surface area (Å²) in [4.78, 5) is 0. The van der Waals surface area contributed by atoms with Gasteiger partial charge in [0.25, 0.3) is 0 Å². The molecule has 1 unspecified atom stereocenters. The van der Waals surface area contributed by atoms with Crippen LogP contribution in [0.25, 0.3) is 0 Å². The topological polar surface area (TPSA) is 21.3 Å². The van der Waals surface area contributed by atoms with Gasteiger partial charge in [-0.2, -0.15) is 0 Å². The molecule has 2 aromatic rings. The first-order valence-electron chi connectivity index (χ1n) is 6.23. The number of benzene rings is 2. The molecule has 2 nitrogen and oxygen atoms in total. The zero-order valence-electron chi connectivity index (χ0n) is 11.4. The first-order chi connectivity index (χ1) is 9.17. The van der Waals surface area contributed by atoms with Gasteiger partial charge in [0, 0.05) is 0 Å². The van der Waals surface area contributed by atoms with Crippen LogP contribution >= 0.6 is 0 Å². The van der Waals surface area contributed by atoms with Gasteiger partial charge in [-0.15, -0.1) is 0 Å². The highest BCUT2D eigenvalue weighted by Crippen LogP contribution is 2.27. The third-order valence-electron chi connectivity index (χ3n) is 3.30. The van der Waals surface area contributed by atoms with Gasteiger partial charge >= 0.3 is 0 Å². The van der Waals surface area contributed by atoms with Crippen molar-refractivity contribution < 1.29 is 9.13 Å². The fourth-order valence-corrected chi connectivity index (χ4v) is 2.27. The number of ether oxygens (including phenoxy) is 1. The van der Waals surface area contributed by atoms with Crippen molar-refractivity contribution in [3.63, 3.8) is 0 Å². The maximum atomic E-state index is 13.8. The van der Waals surface area contributed by atoms with Crippen molar-refractivity contribution in [2.24, 2.45) is 0 Å². The number of methoxy groups -OCH3 is 1. The van der Waals surface area contributed by atoms with Crippen LogP contribution in [0.15, 0.2) is 42.5 Å². The largest absolute Gasteiger partial charge is 0.494 e. The molecule has 0 spiro atoms. The van der Waals surface area contributed by atoms with Crippen molar-refractivity contribution in [2.45, 2.75) is 13.0 Å². The second-order valence-electron chi connectivity index (χ2n) is 4.47. The van der Waals surface area contributed by atoms with E-state index < -0.39 is 0 Å². The zero-order chi connectivity index (χ0) is 13.8. The molecule has 0 aliphatic heterocycles. The van der Waals surface area contributed by atoms with Crippen molar-refractivity contribution in [3.8, 4) is 5.75 Å². The Morgan fingerprint density at radius 2 is 1.89 bits per heavy atom. The predicted molar refractivity (Wildman–Crippen MR) is 75.0 cm³/mol. The summed E-state index contributed by atoms with van der Waals surface area (Å²) in [6.45, 7) is 2.06. The Morgan fingerprint density at radius 3 is 2.47 bits per heavy atom. The molecule has 2 rings (SSSR count). The molecule has 3 heteroatoms. The molecule has 0 amide bonds. The van der Waals surface area contributed by atoms with Gasteiger partial charge in [-0.3, -0.25) is 0 Å². The summed E-state index contributed by atoms with van der Waals surface area (Å²) in [6.07, 6.45) is 0. The normalized spacial score (nSPS) is 12.2. The van der Waals surface area contributed by atoms with Gasteiger partial charge in [-0.1, -0.05) is 30.3 Å². The second-order valence-corrected chi connectivity index (χ2v) is 4.47. The molecule has 0 aliphatic rings. The fourth-order valence-electron chi connectivity index (χ4n) is 2.27. The number of rotatable bonds is 4. The van der Waals surface area contributed by atoms with Crippen LogP contribution in [-0.4, -0.2) is 14.2 Å². The summed E-state index contributed by atoms with van der Waals surface area (Å²) in [7, 11) is 3.34. The van der Waals surface area contributed by atoms with E-state index in [0.717, 1.165) is 11.1 Å². The number of aryl methyl sites for hydroxylation is 1. The van der Waals surface area contributed by atoms with Crippen LogP contribution in [0.3, 0.4) is 0 Å². The van der Waals surface area contributed by atoms with E-state index in [-0.39, 0.29) is 17.6 Å². The molecule has 0 aliphatic carbocycles. The summed E-state index contributed by atoms with van der Waals surface area (Å²) >= 11 is 0. The Morgan fingerprint density at radius 1 is 1.16 bits per heavy atom. The average molecular weight is 259 g/mol. The van der Waals surface area contributed by atoms with E-state index in [4.69, 9.17) is 4.74 Å². The van der Waals surface area contributed by atoms with Crippen molar-refractivity contribution in [3.05, 3.63) is 65.0 Å². The summed E-state index contributed by atoms with van der Waals surface area (Å²) in [5, 5.41) is 3.23. The number of hydrogen-bond donors (Lipinski definition) is 1. The van der Waals surface area contributed by atoms with E-state index in [1.807, 2.05) is 25.2 Å². The molecule has 0 radical (unpaired) electrons. The Kier molecular flexibility index (Phi) is 4.17. The van der Waals surface area contributed by atoms with Gasteiger partial charge in [0.1, 0.15) is 0 Å². The maximum Gasteiger partial charge on any atom is 0.165 e. The maximum absolute atomic E-state index is 13.8. The summed E-state index contributed by atoms with van der Waals surface area (Å²) < 4.78 is 18.8. The number of hydrogen-bond acceptors (Lipinski definition) is 2. The fraction of sp³-hybridized carbons (Fsp3) is 0.250. The lowest BCUT2D eigenvalue weighted by molar-refractivity contribution is 0.386. The zero-order valence-corrected chi connectivity index (χ0v) is 11.4. The third-order valence-corrected chi connectivity index (χ3v) is 3.30. The molecule has 0 heterocycles. The molecule has 19 heavy (non-hydrogen) atoms. The SMILES string of the molecule is CNC(c1ccc(OC)c(F)c1)c1ccccc1C. The lowest BCUT2D eigenvalue weighted by atomic mass is 9.95. The van der Waals surface area contributed by atoms with Gasteiger partial charge in [-0.25, -0.2) is 4.39 Å². The second kappa shape index (κ2) is 5.85. The molecule has 100 valence electrons. The van der Waals surface area contributed by atoms with Crippen LogP contribution in [0.4, 0.5) is 4.39 Å². The third kappa shape index (κ3) is 2.76. The molecular weight excluding hydrogens is 241 g/mol. The lowest BCUT2D eigenvalue weighted by Gasteiger charge is -2.19. The van der Waals surface area contributed by atoms with Crippen LogP contribution < -0.4 is 10.1 Å². The van der Waals surface area contributed by atoms with E-state index in [2.05, 4.69) is 24.4 Å². The molecule has 0 fully saturated rings. The van der Waals surface area contributed by atoms with E-state index >= 15 is 0 Å². The first kappa shape index (κ1) is 13.6. The summed E-state index contributed by atoms with van der Waals surface area (Å²) in [6, 6.07) is 13.1. The van der Waals surface area contributed by atoms with Crippen molar-refractivity contribution >= 4 is 0 Å². The minimum absolute atomic E-state index is 0.0263. The van der Waals surface area contributed by atoms with E-state index in [9.17, 15) is 4.39 Å². The minimum atomic E-state index is -0.339. The molecule has 1 N–H and O–H groups in total. The van der Waals surface area contributed by atoms with Gasteiger partial charge in [-0.05, 0) is 42.8 Å². The lowest BCUT2D eigenvalue weighted by Crippen LogP contribution is -2.18. The monoisotopic (exact) mass is 259 g/mol. The highest BCUT2D eigenvalue weighted by molar-refractivity contribution is 5.39. The van der Waals surface area contributed by atoms with Gasteiger partial charge in [0.05, 0.1) is 13.2 Å². The van der Waals surface area contributed by atoms with Crippen molar-refractivity contribution in [2.75, 3.05) is 14.2 Å². The molecule has 0 bridgehead atoms. The predicted octanol–water partition coefficient (Wildman–Crippen LogP) is 3.45. The highest BCUT2D eigenvalue weighted by Gasteiger charge is 2.15. The average Bonchev–Trinajstić information content (AvgIpc) is 2.42. The van der Waals surface area contributed by atoms with Crippen LogP contribution in [0.2, 0.25) is 0 Å². The van der Waals surface area contributed by atoms with Crippen LogP contribution in [0.1, 0.15) is 22.7 Å². The minimum Gasteiger partial charge on any atom is -0.494 e. The quantitative estimate of drug-likeness (QED) is 0.908. The van der Waals surface area contributed by atoms with Gasteiger partial charge in [0.2, 0.25) is 0 Å². The Balaban J connectivity index is 2.43. The Labute approximate surface area is 113 Å². The number of nitrogens with one attached hydrogen (secondary N) is 1. The molecule has 2 aromatic carbocycles. The first-order valence-corrected chi connectivity index (χ1v) is 6.23. The smallest absolute Gasteiger partial charge is 0.165 e. The molecule has 0 saturated heterocycles. The van der Waals surface area contributed by atoms with Crippen molar-refractivity contribution in [1.29, 1.82) is 0 Å². The van der Waals surface area contributed by atoms with E-state index in [1.54, 1.807) is 6.07 Å². The van der Waals surface area contributed by atoms with Crippen LogP contribution in [0.5, 0.6) is 5.75 Å². The van der Waals surface area contributed by atoms with E-state index in [1.165, 1.54) is 18.7 Å². The van der Waals surface area contributed by atoms with Gasteiger partial charge in [0.15, 0.2) is 11.6 Å². The Hall–Kier alpha value is -1.87. The molecular formula is C16H18FNO. The molecule has 0 saturated carbocycles.